The Bertz CT molecular complexity index is 353. The minimum Gasteiger partial charge on any atom is -0.238 e. The van der Waals surface area contributed by atoms with Crippen molar-refractivity contribution < 1.29 is 0 Å². The Kier molecular flexibility index (Phi) is 1.69. The molecule has 1 aliphatic carbocycles. The second kappa shape index (κ2) is 2.53. The highest BCUT2D eigenvalue weighted by Gasteiger charge is 2.32. The summed E-state index contributed by atoms with van der Waals surface area (Å²) in [4.78, 5) is 8.93. The summed E-state index contributed by atoms with van der Waals surface area (Å²) in [6, 6.07) is 0. The fourth-order valence-electron chi connectivity index (χ4n) is 2.40. The molecule has 0 saturated carbocycles. The fraction of sp³-hybridized carbons (Fsp3) is 0.636. The number of hydrogen-bond acceptors (Lipinski definition) is 2. The third kappa shape index (κ3) is 1.25. The first-order valence-electron chi connectivity index (χ1n) is 4.85. The molecule has 1 heterocycles. The number of nitrogens with zero attached hydrogens (tertiary/aromatic N) is 2. The zero-order chi connectivity index (χ0) is 9.64. The molecule has 0 aliphatic heterocycles. The normalized spacial score (nSPS) is 18.8. The minimum atomic E-state index is 0.285. The molecule has 1 aliphatic rings. The first-order valence-corrected chi connectivity index (χ1v) is 4.85. The molecular weight excluding hydrogens is 160 g/mol. The van der Waals surface area contributed by atoms with Crippen molar-refractivity contribution in [3.05, 3.63) is 22.8 Å². The van der Waals surface area contributed by atoms with Crippen molar-refractivity contribution in [2.24, 2.45) is 0 Å². The predicted octanol–water partition coefficient (Wildman–Crippen LogP) is 2.32. The molecule has 2 rings (SSSR count). The molecule has 0 atom stereocenters. The highest BCUT2D eigenvalue weighted by atomic mass is 14.9. The molecule has 0 fully saturated rings. The summed E-state index contributed by atoms with van der Waals surface area (Å²) in [7, 11) is 0. The van der Waals surface area contributed by atoms with Crippen LogP contribution in [-0.2, 0) is 11.8 Å². The molecule has 13 heavy (non-hydrogen) atoms. The SMILES string of the molecule is Cc1nc(C)c2c(n1)CCC2(C)C. The van der Waals surface area contributed by atoms with Gasteiger partial charge in [-0.25, -0.2) is 9.97 Å². The van der Waals surface area contributed by atoms with E-state index < -0.39 is 0 Å². The molecule has 0 amide bonds. The van der Waals surface area contributed by atoms with Crippen molar-refractivity contribution >= 4 is 0 Å². The second-order valence-corrected chi connectivity index (χ2v) is 4.56. The topological polar surface area (TPSA) is 25.8 Å². The van der Waals surface area contributed by atoms with E-state index in [2.05, 4.69) is 30.7 Å². The molecule has 0 aromatic carbocycles. The summed E-state index contributed by atoms with van der Waals surface area (Å²) in [6.45, 7) is 8.63. The van der Waals surface area contributed by atoms with E-state index in [9.17, 15) is 0 Å². The average molecular weight is 176 g/mol. The van der Waals surface area contributed by atoms with Crippen LogP contribution in [0.5, 0.6) is 0 Å². The first-order chi connectivity index (χ1) is 6.00. The van der Waals surface area contributed by atoms with Gasteiger partial charge in [0.05, 0.1) is 0 Å². The summed E-state index contributed by atoms with van der Waals surface area (Å²) in [5, 5.41) is 0. The molecule has 0 radical (unpaired) electrons. The summed E-state index contributed by atoms with van der Waals surface area (Å²) in [5.74, 6) is 0.911. The highest BCUT2D eigenvalue weighted by molar-refractivity contribution is 5.36. The van der Waals surface area contributed by atoms with E-state index in [0.717, 1.165) is 12.2 Å². The van der Waals surface area contributed by atoms with Gasteiger partial charge in [-0.3, -0.25) is 0 Å². The molecule has 1 aromatic rings. The third-order valence-electron chi connectivity index (χ3n) is 2.94. The van der Waals surface area contributed by atoms with Gasteiger partial charge in [0, 0.05) is 17.0 Å². The van der Waals surface area contributed by atoms with Gasteiger partial charge in [-0.15, -0.1) is 0 Å². The molecule has 2 heteroatoms. The fourth-order valence-corrected chi connectivity index (χ4v) is 2.40. The van der Waals surface area contributed by atoms with E-state index in [-0.39, 0.29) is 5.41 Å². The van der Waals surface area contributed by atoms with Gasteiger partial charge >= 0.3 is 0 Å². The largest absolute Gasteiger partial charge is 0.238 e. The van der Waals surface area contributed by atoms with E-state index in [1.807, 2.05) is 6.92 Å². The number of rotatable bonds is 0. The quantitative estimate of drug-likeness (QED) is 0.606. The molecular formula is C11H16N2. The van der Waals surface area contributed by atoms with Crippen LogP contribution in [0.3, 0.4) is 0 Å². The first kappa shape index (κ1) is 8.67. The highest BCUT2D eigenvalue weighted by Crippen LogP contribution is 2.38. The summed E-state index contributed by atoms with van der Waals surface area (Å²) in [6.07, 6.45) is 2.33. The molecule has 2 nitrogen and oxygen atoms in total. The number of aryl methyl sites for hydroxylation is 3. The van der Waals surface area contributed by atoms with Crippen LogP contribution in [-0.4, -0.2) is 9.97 Å². The van der Waals surface area contributed by atoms with Crippen LogP contribution in [0.2, 0.25) is 0 Å². The minimum absolute atomic E-state index is 0.285. The third-order valence-corrected chi connectivity index (χ3v) is 2.94. The van der Waals surface area contributed by atoms with E-state index >= 15 is 0 Å². The zero-order valence-electron chi connectivity index (χ0n) is 8.81. The molecule has 0 spiro atoms. The monoisotopic (exact) mass is 176 g/mol. The predicted molar refractivity (Wildman–Crippen MR) is 52.9 cm³/mol. The Morgan fingerprint density at radius 1 is 1.15 bits per heavy atom. The van der Waals surface area contributed by atoms with Gasteiger partial charge in [0.2, 0.25) is 0 Å². The van der Waals surface area contributed by atoms with Crippen LogP contribution < -0.4 is 0 Å². The van der Waals surface area contributed by atoms with E-state index in [1.165, 1.54) is 23.4 Å². The maximum Gasteiger partial charge on any atom is 0.125 e. The molecule has 70 valence electrons. The van der Waals surface area contributed by atoms with Crippen LogP contribution in [0.25, 0.3) is 0 Å². The Balaban J connectivity index is 2.65. The Morgan fingerprint density at radius 2 is 1.85 bits per heavy atom. The lowest BCUT2D eigenvalue weighted by Gasteiger charge is -2.19. The van der Waals surface area contributed by atoms with Gasteiger partial charge in [-0.2, -0.15) is 0 Å². The number of fused-ring (bicyclic) bond motifs is 1. The summed E-state index contributed by atoms with van der Waals surface area (Å²) < 4.78 is 0. The number of aromatic nitrogens is 2. The average Bonchev–Trinajstić information content (AvgIpc) is 2.26. The Hall–Kier alpha value is -0.920. The maximum atomic E-state index is 4.50. The van der Waals surface area contributed by atoms with Gasteiger partial charge in [0.15, 0.2) is 0 Å². The van der Waals surface area contributed by atoms with E-state index in [4.69, 9.17) is 0 Å². The van der Waals surface area contributed by atoms with Gasteiger partial charge in [-0.1, -0.05) is 13.8 Å². The molecule has 0 bridgehead atoms. The lowest BCUT2D eigenvalue weighted by atomic mass is 9.86. The lowest BCUT2D eigenvalue weighted by Crippen LogP contribution is -2.15. The van der Waals surface area contributed by atoms with Crippen LogP contribution in [0.4, 0.5) is 0 Å². The summed E-state index contributed by atoms with van der Waals surface area (Å²) >= 11 is 0. The lowest BCUT2D eigenvalue weighted by molar-refractivity contribution is 0.518. The molecule has 0 N–H and O–H groups in total. The van der Waals surface area contributed by atoms with Gasteiger partial charge in [0.1, 0.15) is 5.82 Å². The van der Waals surface area contributed by atoms with Crippen LogP contribution >= 0.6 is 0 Å². The van der Waals surface area contributed by atoms with E-state index in [0.29, 0.717) is 0 Å². The molecule has 1 aromatic heterocycles. The van der Waals surface area contributed by atoms with Crippen LogP contribution in [0.15, 0.2) is 0 Å². The molecule has 0 unspecified atom stereocenters. The van der Waals surface area contributed by atoms with Gasteiger partial charge < -0.3 is 0 Å². The van der Waals surface area contributed by atoms with Gasteiger partial charge in [0.25, 0.3) is 0 Å². The maximum absolute atomic E-state index is 4.50. The van der Waals surface area contributed by atoms with Crippen molar-refractivity contribution in [1.29, 1.82) is 0 Å². The van der Waals surface area contributed by atoms with Crippen molar-refractivity contribution in [2.75, 3.05) is 0 Å². The molecule has 0 saturated heterocycles. The van der Waals surface area contributed by atoms with Crippen molar-refractivity contribution in [1.82, 2.24) is 9.97 Å². The number of hydrogen-bond donors (Lipinski definition) is 0. The van der Waals surface area contributed by atoms with Gasteiger partial charge in [-0.05, 0) is 32.1 Å². The summed E-state index contributed by atoms with van der Waals surface area (Å²) in [5.41, 5.74) is 4.12. The van der Waals surface area contributed by atoms with Crippen molar-refractivity contribution in [2.45, 2.75) is 46.0 Å². The Morgan fingerprint density at radius 3 is 2.54 bits per heavy atom. The van der Waals surface area contributed by atoms with Crippen molar-refractivity contribution in [3.8, 4) is 0 Å². The Labute approximate surface area is 79.4 Å². The second-order valence-electron chi connectivity index (χ2n) is 4.56. The van der Waals surface area contributed by atoms with Crippen molar-refractivity contribution in [3.63, 3.8) is 0 Å². The van der Waals surface area contributed by atoms with Crippen LogP contribution in [0, 0.1) is 13.8 Å². The smallest absolute Gasteiger partial charge is 0.125 e. The standard InChI is InChI=1S/C11H16N2/c1-7-10-9(13-8(2)12-7)5-6-11(10,3)4/h5-6H2,1-4H3. The zero-order valence-corrected chi connectivity index (χ0v) is 8.81. The van der Waals surface area contributed by atoms with E-state index in [1.54, 1.807) is 0 Å². The van der Waals surface area contributed by atoms with Crippen LogP contribution in [0.1, 0.15) is 43.0 Å².